The van der Waals surface area contributed by atoms with E-state index in [2.05, 4.69) is 26.8 Å². The van der Waals surface area contributed by atoms with E-state index in [0.717, 1.165) is 42.2 Å². The summed E-state index contributed by atoms with van der Waals surface area (Å²) in [6, 6.07) is 12.5. The number of furan rings is 1. The Morgan fingerprint density at radius 3 is 2.54 bits per heavy atom. The Balaban J connectivity index is 1.05. The number of hydrogen-bond donors (Lipinski definition) is 0. The lowest BCUT2D eigenvalue weighted by Gasteiger charge is -2.30. The molecule has 6 rings (SSSR count). The molecule has 1 saturated heterocycles. The second-order valence-electron chi connectivity index (χ2n) is 13.1. The predicted octanol–water partition coefficient (Wildman–Crippen LogP) is 8.74. The minimum absolute atomic E-state index is 0.215. The van der Waals surface area contributed by atoms with Crippen molar-refractivity contribution in [2.45, 2.75) is 84.1 Å². The van der Waals surface area contributed by atoms with E-state index in [9.17, 15) is 4.79 Å². The van der Waals surface area contributed by atoms with Gasteiger partial charge in [0, 0.05) is 36.9 Å². The van der Waals surface area contributed by atoms with E-state index < -0.39 is 17.2 Å². The summed E-state index contributed by atoms with van der Waals surface area (Å²) in [5.74, 6) is 0.670. The maximum atomic E-state index is 11.8. The van der Waals surface area contributed by atoms with Crippen LogP contribution < -0.4 is 19.8 Å². The van der Waals surface area contributed by atoms with Crippen LogP contribution in [0.2, 0.25) is 0 Å². The highest BCUT2D eigenvalue weighted by Crippen LogP contribution is 2.45. The van der Waals surface area contributed by atoms with E-state index in [1.165, 1.54) is 11.6 Å². The molecule has 1 spiro atoms. The maximum Gasteiger partial charge on any atom is 0.350 e. The Kier molecular flexibility index (Phi) is 9.83. The summed E-state index contributed by atoms with van der Waals surface area (Å²) in [5.41, 5.74) is 3.36. The van der Waals surface area contributed by atoms with Gasteiger partial charge in [-0.05, 0) is 103 Å². The first kappa shape index (κ1) is 33.6. The molecular formula is C39H44O9. The fraction of sp³-hybridized carbons (Fsp3) is 0.410. The molecule has 2 aliphatic rings. The Labute approximate surface area is 280 Å². The fourth-order valence-corrected chi connectivity index (χ4v) is 5.96. The number of rotatable bonds is 13. The quantitative estimate of drug-likeness (QED) is 0.103. The molecule has 2 aromatic heterocycles. The van der Waals surface area contributed by atoms with Gasteiger partial charge in [0.15, 0.2) is 0 Å². The second-order valence-corrected chi connectivity index (χ2v) is 13.1. The number of allylic oxidation sites excluding steroid dienone is 2. The Bertz CT molecular complexity index is 1910. The van der Waals surface area contributed by atoms with Gasteiger partial charge in [-0.3, -0.25) is 0 Å². The van der Waals surface area contributed by atoms with Crippen LogP contribution in [0.25, 0.3) is 28.0 Å². The van der Waals surface area contributed by atoms with E-state index in [1.807, 2.05) is 56.3 Å². The number of hydrogen-bond acceptors (Lipinski definition) is 9. The van der Waals surface area contributed by atoms with Crippen LogP contribution in [0.1, 0.15) is 65.9 Å². The van der Waals surface area contributed by atoms with Gasteiger partial charge in [-0.2, -0.15) is 0 Å². The van der Waals surface area contributed by atoms with Crippen molar-refractivity contribution in [1.29, 1.82) is 0 Å². The third-order valence-corrected chi connectivity index (χ3v) is 8.99. The van der Waals surface area contributed by atoms with Crippen molar-refractivity contribution in [3.63, 3.8) is 0 Å². The molecule has 4 heterocycles. The summed E-state index contributed by atoms with van der Waals surface area (Å²) in [6.07, 6.45) is 13.0. The van der Waals surface area contributed by atoms with Crippen molar-refractivity contribution in [1.82, 2.24) is 0 Å². The first-order valence-electron chi connectivity index (χ1n) is 16.5. The molecule has 0 N–H and O–H groups in total. The molecule has 2 aliphatic heterocycles. The van der Waals surface area contributed by atoms with E-state index in [-0.39, 0.29) is 12.2 Å². The minimum atomic E-state index is -1.31. The minimum Gasteiger partial charge on any atom is -0.489 e. The molecule has 0 amide bonds. The van der Waals surface area contributed by atoms with Crippen LogP contribution in [-0.2, 0) is 14.2 Å². The van der Waals surface area contributed by atoms with Gasteiger partial charge in [-0.15, -0.1) is 0 Å². The Morgan fingerprint density at radius 2 is 1.73 bits per heavy atom. The van der Waals surface area contributed by atoms with Gasteiger partial charge in [-0.25, -0.2) is 4.79 Å². The third kappa shape index (κ3) is 7.54. The predicted molar refractivity (Wildman–Crippen MR) is 185 cm³/mol. The standard InChI is InChI=1S/C39H44O9/c1-25(7-9-27(3)41-6)16-20-42-29-11-10-28-15-19-39(46-32(28)23-29)47-35(38(4,5)48-39)13-8-26(2)17-21-44-37-30-12-14-36(40)45-34(30)24-33-31(37)18-22-43-33/h10-12,14-19,22-24,27,35H,7-9,13,20-21H2,1-6H3/b25-16+,26-17+. The van der Waals surface area contributed by atoms with Crippen molar-refractivity contribution in [3.8, 4) is 17.2 Å². The first-order valence-corrected chi connectivity index (χ1v) is 16.5. The highest BCUT2D eigenvalue weighted by atomic mass is 16.9. The van der Waals surface area contributed by atoms with Crippen molar-refractivity contribution >= 4 is 28.0 Å². The van der Waals surface area contributed by atoms with E-state index in [4.69, 9.17) is 37.3 Å². The van der Waals surface area contributed by atoms with Gasteiger partial charge < -0.3 is 37.3 Å². The zero-order valence-corrected chi connectivity index (χ0v) is 28.5. The van der Waals surface area contributed by atoms with Gasteiger partial charge in [-0.1, -0.05) is 11.1 Å². The van der Waals surface area contributed by atoms with Gasteiger partial charge in [0.05, 0.1) is 34.8 Å². The number of benzene rings is 2. The van der Waals surface area contributed by atoms with Crippen molar-refractivity contribution in [3.05, 3.63) is 94.1 Å². The summed E-state index contributed by atoms with van der Waals surface area (Å²) >= 11 is 0. The Hall–Kier alpha value is -4.31. The highest BCUT2D eigenvalue weighted by molar-refractivity contribution is 6.01. The van der Waals surface area contributed by atoms with Crippen LogP contribution in [0.4, 0.5) is 0 Å². The Morgan fingerprint density at radius 1 is 0.958 bits per heavy atom. The molecule has 0 aliphatic carbocycles. The summed E-state index contributed by atoms with van der Waals surface area (Å²) in [7, 11) is 1.74. The second kappa shape index (κ2) is 14.0. The molecule has 1 fully saturated rings. The number of ether oxygens (including phenoxy) is 6. The smallest absolute Gasteiger partial charge is 0.350 e. The lowest BCUT2D eigenvalue weighted by molar-refractivity contribution is -0.270. The van der Waals surface area contributed by atoms with Crippen molar-refractivity contribution < 1.29 is 37.3 Å². The SMILES string of the molecule is COC(C)CC/C(C)=C/COc1ccc2c(c1)OC1(C=C2)OC(CC/C(C)=C/COc2c3ccoc3cc3oc(=O)ccc23)C(C)(C)O1. The molecule has 0 saturated carbocycles. The molecule has 2 aromatic carbocycles. The molecule has 9 heteroatoms. The first-order chi connectivity index (χ1) is 23.0. The normalized spacial score (nSPS) is 21.1. The monoisotopic (exact) mass is 656 g/mol. The maximum absolute atomic E-state index is 11.8. The molecule has 3 atom stereocenters. The van der Waals surface area contributed by atoms with Gasteiger partial charge in [0.2, 0.25) is 0 Å². The zero-order valence-electron chi connectivity index (χ0n) is 28.5. The summed E-state index contributed by atoms with van der Waals surface area (Å²) in [4.78, 5) is 11.8. The van der Waals surface area contributed by atoms with Crippen molar-refractivity contribution in [2.75, 3.05) is 20.3 Å². The van der Waals surface area contributed by atoms with Crippen LogP contribution in [0, 0.1) is 0 Å². The average molecular weight is 657 g/mol. The molecule has 254 valence electrons. The molecule has 0 radical (unpaired) electrons. The molecular weight excluding hydrogens is 612 g/mol. The largest absolute Gasteiger partial charge is 0.489 e. The molecule has 9 nitrogen and oxygen atoms in total. The van der Waals surface area contributed by atoms with Crippen molar-refractivity contribution in [2.24, 2.45) is 0 Å². The molecule has 3 unspecified atom stereocenters. The summed E-state index contributed by atoms with van der Waals surface area (Å²) in [5, 5.41) is 1.54. The van der Waals surface area contributed by atoms with Crippen LogP contribution in [0.15, 0.2) is 91.7 Å². The summed E-state index contributed by atoms with van der Waals surface area (Å²) < 4.78 is 47.8. The van der Waals surface area contributed by atoms with Gasteiger partial charge in [0.25, 0.3) is 0 Å². The average Bonchev–Trinajstić information content (AvgIpc) is 3.62. The third-order valence-electron chi connectivity index (χ3n) is 8.99. The van der Waals surface area contributed by atoms with E-state index >= 15 is 0 Å². The number of methoxy groups -OCH3 is 1. The fourth-order valence-electron chi connectivity index (χ4n) is 5.96. The van der Waals surface area contributed by atoms with Gasteiger partial charge >= 0.3 is 11.6 Å². The molecule has 48 heavy (non-hydrogen) atoms. The summed E-state index contributed by atoms with van der Waals surface area (Å²) in [6.45, 7) is 11.1. The zero-order chi connectivity index (χ0) is 33.9. The van der Waals surface area contributed by atoms with Crippen LogP contribution in [0.5, 0.6) is 17.2 Å². The van der Waals surface area contributed by atoms with Gasteiger partial charge in [0.1, 0.15) is 41.6 Å². The van der Waals surface area contributed by atoms with Crippen LogP contribution in [0.3, 0.4) is 0 Å². The lowest BCUT2D eigenvalue weighted by atomic mass is 9.96. The molecule has 4 aromatic rings. The van der Waals surface area contributed by atoms with E-state index in [1.54, 1.807) is 25.5 Å². The molecule has 0 bridgehead atoms. The van der Waals surface area contributed by atoms with Crippen LogP contribution in [-0.4, -0.2) is 44.1 Å². The lowest BCUT2D eigenvalue weighted by Crippen LogP contribution is -2.38. The topological polar surface area (TPSA) is 98.7 Å². The van der Waals surface area contributed by atoms with E-state index in [0.29, 0.717) is 47.0 Å². The highest BCUT2D eigenvalue weighted by Gasteiger charge is 2.54. The number of fused-ring (bicyclic) bond motifs is 3. The van der Waals surface area contributed by atoms with Crippen LogP contribution >= 0.6 is 0 Å².